The standard InChI is InChI=1S/C23H25N3O3/c1-17-21(25-23(29-17)19-8-3-2-4-9-19)13-22(27)26(16-20-10-6-12-28-20)15-18-7-5-11-24-14-18/h2-5,7-9,11,14,20H,6,10,12-13,15-16H2,1H3. The highest BCUT2D eigenvalue weighted by Crippen LogP contribution is 2.22. The zero-order chi connectivity index (χ0) is 20.1. The summed E-state index contributed by atoms with van der Waals surface area (Å²) in [5.74, 6) is 1.24. The Bertz CT molecular complexity index is 935. The second-order valence-electron chi connectivity index (χ2n) is 7.34. The number of ether oxygens (including phenoxy) is 1. The first-order chi connectivity index (χ1) is 14.2. The minimum absolute atomic E-state index is 0.0142. The Morgan fingerprint density at radius 2 is 2.07 bits per heavy atom. The molecule has 2 aromatic heterocycles. The highest BCUT2D eigenvalue weighted by Gasteiger charge is 2.24. The van der Waals surface area contributed by atoms with Gasteiger partial charge in [-0.1, -0.05) is 24.3 Å². The maximum absolute atomic E-state index is 13.2. The van der Waals surface area contributed by atoms with Crippen LogP contribution >= 0.6 is 0 Å². The van der Waals surface area contributed by atoms with Gasteiger partial charge in [0.15, 0.2) is 0 Å². The third kappa shape index (κ3) is 4.90. The molecule has 6 heteroatoms. The molecule has 3 heterocycles. The van der Waals surface area contributed by atoms with Crippen molar-refractivity contribution in [2.45, 2.75) is 38.8 Å². The van der Waals surface area contributed by atoms with E-state index >= 15 is 0 Å². The van der Waals surface area contributed by atoms with Crippen LogP contribution in [0.25, 0.3) is 11.5 Å². The van der Waals surface area contributed by atoms with Crippen LogP contribution in [0.1, 0.15) is 29.9 Å². The van der Waals surface area contributed by atoms with Gasteiger partial charge in [-0.05, 0) is 43.5 Å². The summed E-state index contributed by atoms with van der Waals surface area (Å²) in [6.45, 7) is 3.71. The van der Waals surface area contributed by atoms with Crippen LogP contribution in [0.5, 0.6) is 0 Å². The van der Waals surface area contributed by atoms with Crippen LogP contribution in [0.15, 0.2) is 59.3 Å². The largest absolute Gasteiger partial charge is 0.441 e. The number of oxazole rings is 1. The van der Waals surface area contributed by atoms with E-state index in [1.54, 1.807) is 12.4 Å². The van der Waals surface area contributed by atoms with Crippen LogP contribution in [0, 0.1) is 6.92 Å². The van der Waals surface area contributed by atoms with E-state index in [0.717, 1.165) is 30.6 Å². The molecule has 150 valence electrons. The van der Waals surface area contributed by atoms with E-state index in [9.17, 15) is 4.79 Å². The first-order valence-corrected chi connectivity index (χ1v) is 9.99. The van der Waals surface area contributed by atoms with Gasteiger partial charge in [0.25, 0.3) is 0 Å². The number of hydrogen-bond donors (Lipinski definition) is 0. The molecule has 0 bridgehead atoms. The molecule has 4 rings (SSSR count). The van der Waals surface area contributed by atoms with Crippen molar-refractivity contribution in [1.82, 2.24) is 14.9 Å². The quantitative estimate of drug-likeness (QED) is 0.613. The van der Waals surface area contributed by atoms with Gasteiger partial charge < -0.3 is 14.1 Å². The molecule has 1 aromatic carbocycles. The molecule has 1 aliphatic heterocycles. The van der Waals surface area contributed by atoms with Crippen LogP contribution in [-0.2, 0) is 22.5 Å². The number of amides is 1. The Labute approximate surface area is 170 Å². The third-order valence-electron chi connectivity index (χ3n) is 5.13. The lowest BCUT2D eigenvalue weighted by Gasteiger charge is -2.25. The number of hydrogen-bond acceptors (Lipinski definition) is 5. The molecule has 1 fully saturated rings. The predicted octanol–water partition coefficient (Wildman–Crippen LogP) is 3.80. The molecule has 29 heavy (non-hydrogen) atoms. The fraction of sp³-hybridized carbons (Fsp3) is 0.348. The maximum atomic E-state index is 13.2. The van der Waals surface area contributed by atoms with E-state index in [-0.39, 0.29) is 18.4 Å². The number of carbonyl (C=O) groups excluding carboxylic acids is 1. The molecule has 1 amide bonds. The Hall–Kier alpha value is -2.99. The lowest BCUT2D eigenvalue weighted by atomic mass is 10.1. The number of carbonyl (C=O) groups is 1. The molecule has 0 radical (unpaired) electrons. The molecule has 1 unspecified atom stereocenters. The Morgan fingerprint density at radius 1 is 1.21 bits per heavy atom. The Balaban J connectivity index is 1.50. The zero-order valence-corrected chi connectivity index (χ0v) is 16.6. The molecule has 0 spiro atoms. The van der Waals surface area contributed by atoms with Gasteiger partial charge in [-0.25, -0.2) is 4.98 Å². The summed E-state index contributed by atoms with van der Waals surface area (Å²) in [5.41, 5.74) is 2.58. The van der Waals surface area contributed by atoms with Crippen LogP contribution in [-0.4, -0.2) is 40.0 Å². The summed E-state index contributed by atoms with van der Waals surface area (Å²) in [6, 6.07) is 13.6. The summed E-state index contributed by atoms with van der Waals surface area (Å²) in [6.07, 6.45) is 5.86. The number of pyridine rings is 1. The number of rotatable bonds is 7. The van der Waals surface area contributed by atoms with Crippen molar-refractivity contribution in [3.05, 3.63) is 71.9 Å². The smallest absolute Gasteiger partial charge is 0.229 e. The minimum atomic E-state index is 0.0142. The fourth-order valence-electron chi connectivity index (χ4n) is 3.55. The van der Waals surface area contributed by atoms with Crippen molar-refractivity contribution in [2.75, 3.05) is 13.2 Å². The van der Waals surface area contributed by atoms with Crippen LogP contribution in [0.4, 0.5) is 0 Å². The van der Waals surface area contributed by atoms with Crippen LogP contribution in [0.2, 0.25) is 0 Å². The monoisotopic (exact) mass is 391 g/mol. The summed E-state index contributed by atoms with van der Waals surface area (Å²) >= 11 is 0. The van der Waals surface area contributed by atoms with Crippen molar-refractivity contribution < 1.29 is 13.9 Å². The molecular weight excluding hydrogens is 366 g/mol. The first kappa shape index (κ1) is 19.3. The van der Waals surface area contributed by atoms with Gasteiger partial charge in [-0.2, -0.15) is 0 Å². The summed E-state index contributed by atoms with van der Waals surface area (Å²) in [7, 11) is 0. The molecular formula is C23H25N3O3. The Morgan fingerprint density at radius 3 is 2.79 bits per heavy atom. The van der Waals surface area contributed by atoms with Gasteiger partial charge in [-0.15, -0.1) is 0 Å². The van der Waals surface area contributed by atoms with Crippen LogP contribution < -0.4 is 0 Å². The van der Waals surface area contributed by atoms with E-state index < -0.39 is 0 Å². The Kier molecular flexibility index (Phi) is 6.00. The second-order valence-corrected chi connectivity index (χ2v) is 7.34. The van der Waals surface area contributed by atoms with E-state index in [0.29, 0.717) is 30.4 Å². The van der Waals surface area contributed by atoms with Crippen molar-refractivity contribution in [2.24, 2.45) is 0 Å². The number of benzene rings is 1. The van der Waals surface area contributed by atoms with Gasteiger partial charge in [0, 0.05) is 37.7 Å². The van der Waals surface area contributed by atoms with Gasteiger partial charge >= 0.3 is 0 Å². The van der Waals surface area contributed by atoms with Crippen molar-refractivity contribution in [1.29, 1.82) is 0 Å². The SMILES string of the molecule is Cc1oc(-c2ccccc2)nc1CC(=O)N(Cc1cccnc1)CC1CCCO1. The molecule has 0 aliphatic carbocycles. The minimum Gasteiger partial charge on any atom is -0.441 e. The summed E-state index contributed by atoms with van der Waals surface area (Å²) in [5, 5.41) is 0. The molecule has 1 saturated heterocycles. The molecule has 0 saturated carbocycles. The number of aryl methyl sites for hydroxylation is 1. The van der Waals surface area contributed by atoms with E-state index in [1.807, 2.05) is 54.3 Å². The summed E-state index contributed by atoms with van der Waals surface area (Å²) < 4.78 is 11.6. The van der Waals surface area contributed by atoms with Gasteiger partial charge in [-0.3, -0.25) is 9.78 Å². The predicted molar refractivity (Wildman–Crippen MR) is 109 cm³/mol. The number of nitrogens with zero attached hydrogens (tertiary/aromatic N) is 3. The van der Waals surface area contributed by atoms with E-state index in [4.69, 9.17) is 9.15 Å². The topological polar surface area (TPSA) is 68.5 Å². The second kappa shape index (κ2) is 9.01. The van der Waals surface area contributed by atoms with Crippen molar-refractivity contribution in [3.8, 4) is 11.5 Å². The lowest BCUT2D eigenvalue weighted by molar-refractivity contribution is -0.132. The maximum Gasteiger partial charge on any atom is 0.229 e. The molecule has 6 nitrogen and oxygen atoms in total. The lowest BCUT2D eigenvalue weighted by Crippen LogP contribution is -2.38. The van der Waals surface area contributed by atoms with Gasteiger partial charge in [0.2, 0.25) is 11.8 Å². The van der Waals surface area contributed by atoms with E-state index in [1.165, 1.54) is 0 Å². The highest BCUT2D eigenvalue weighted by molar-refractivity contribution is 5.78. The average molecular weight is 391 g/mol. The van der Waals surface area contributed by atoms with Crippen molar-refractivity contribution >= 4 is 5.91 Å². The fourth-order valence-corrected chi connectivity index (χ4v) is 3.55. The third-order valence-corrected chi connectivity index (χ3v) is 5.13. The van der Waals surface area contributed by atoms with Crippen molar-refractivity contribution in [3.63, 3.8) is 0 Å². The molecule has 0 N–H and O–H groups in total. The summed E-state index contributed by atoms with van der Waals surface area (Å²) in [4.78, 5) is 23.8. The van der Waals surface area contributed by atoms with Crippen LogP contribution in [0.3, 0.4) is 0 Å². The first-order valence-electron chi connectivity index (χ1n) is 9.99. The normalized spacial score (nSPS) is 16.1. The number of aromatic nitrogens is 2. The molecule has 1 atom stereocenters. The van der Waals surface area contributed by atoms with E-state index in [2.05, 4.69) is 9.97 Å². The van der Waals surface area contributed by atoms with Gasteiger partial charge in [0.05, 0.1) is 18.2 Å². The zero-order valence-electron chi connectivity index (χ0n) is 16.6. The molecule has 1 aliphatic rings. The molecule has 3 aromatic rings. The highest BCUT2D eigenvalue weighted by atomic mass is 16.5. The van der Waals surface area contributed by atoms with Gasteiger partial charge in [0.1, 0.15) is 5.76 Å². The average Bonchev–Trinajstić information content (AvgIpc) is 3.39.